The van der Waals surface area contributed by atoms with E-state index in [2.05, 4.69) is 5.32 Å². The van der Waals surface area contributed by atoms with Gasteiger partial charge in [-0.2, -0.15) is 0 Å². The topological polar surface area (TPSA) is 21.3 Å². The summed E-state index contributed by atoms with van der Waals surface area (Å²) in [6, 6.07) is 4.66. The third kappa shape index (κ3) is 2.69. The van der Waals surface area contributed by atoms with Crippen LogP contribution < -0.4 is 10.1 Å². The molecule has 1 fully saturated rings. The van der Waals surface area contributed by atoms with Crippen LogP contribution in [0.3, 0.4) is 0 Å². The lowest BCUT2D eigenvalue weighted by molar-refractivity contribution is 0.166. The number of hydrogen-bond donors (Lipinski definition) is 1. The molecule has 1 aliphatic rings. The predicted molar refractivity (Wildman–Crippen MR) is 57.7 cm³/mol. The van der Waals surface area contributed by atoms with Crippen LogP contribution >= 0.6 is 0 Å². The maximum Gasteiger partial charge on any atom is 0.123 e. The van der Waals surface area contributed by atoms with Crippen LogP contribution in [-0.4, -0.2) is 19.2 Å². The molecule has 0 aromatic heterocycles. The Morgan fingerprint density at radius 3 is 3.00 bits per heavy atom. The van der Waals surface area contributed by atoms with Crippen molar-refractivity contribution in [3.8, 4) is 5.75 Å². The summed E-state index contributed by atoms with van der Waals surface area (Å²) < 4.78 is 18.7. The van der Waals surface area contributed by atoms with Crippen LogP contribution in [0.1, 0.15) is 18.4 Å². The van der Waals surface area contributed by atoms with E-state index in [4.69, 9.17) is 4.74 Å². The van der Waals surface area contributed by atoms with Crippen molar-refractivity contribution in [2.45, 2.75) is 25.9 Å². The predicted octanol–water partition coefficient (Wildman–Crippen LogP) is 2.26. The van der Waals surface area contributed by atoms with Gasteiger partial charge in [0.1, 0.15) is 17.7 Å². The quantitative estimate of drug-likeness (QED) is 0.806. The minimum Gasteiger partial charge on any atom is -0.489 e. The number of hydrogen-bond acceptors (Lipinski definition) is 2. The van der Waals surface area contributed by atoms with Crippen molar-refractivity contribution in [3.05, 3.63) is 29.6 Å². The van der Waals surface area contributed by atoms with E-state index in [0.717, 1.165) is 37.2 Å². The van der Waals surface area contributed by atoms with E-state index >= 15 is 0 Å². The maximum atomic E-state index is 12.9. The minimum absolute atomic E-state index is 0.207. The highest BCUT2D eigenvalue weighted by Crippen LogP contribution is 2.21. The van der Waals surface area contributed by atoms with Crippen molar-refractivity contribution < 1.29 is 9.13 Å². The Bertz CT molecular complexity index is 334. The van der Waals surface area contributed by atoms with E-state index in [9.17, 15) is 4.39 Å². The molecule has 1 saturated heterocycles. The molecular formula is C12H16FNO. The van der Waals surface area contributed by atoms with Crippen molar-refractivity contribution in [3.63, 3.8) is 0 Å². The molecule has 2 rings (SSSR count). The van der Waals surface area contributed by atoms with Crippen molar-refractivity contribution in [1.29, 1.82) is 0 Å². The smallest absolute Gasteiger partial charge is 0.123 e. The van der Waals surface area contributed by atoms with Crippen LogP contribution in [0.15, 0.2) is 18.2 Å². The van der Waals surface area contributed by atoms with Gasteiger partial charge in [-0.15, -0.1) is 0 Å². The molecule has 1 aromatic carbocycles. The zero-order valence-electron chi connectivity index (χ0n) is 8.92. The highest BCUT2D eigenvalue weighted by Gasteiger charge is 2.15. The third-order valence-electron chi connectivity index (χ3n) is 2.68. The van der Waals surface area contributed by atoms with Gasteiger partial charge in [0.05, 0.1) is 0 Å². The average Bonchev–Trinajstić information content (AvgIpc) is 2.24. The summed E-state index contributed by atoms with van der Waals surface area (Å²) in [6.07, 6.45) is 2.44. The molecule has 0 bridgehead atoms. The van der Waals surface area contributed by atoms with Gasteiger partial charge >= 0.3 is 0 Å². The summed E-state index contributed by atoms with van der Waals surface area (Å²) in [5.74, 6) is 0.590. The van der Waals surface area contributed by atoms with Gasteiger partial charge in [-0.25, -0.2) is 4.39 Å². The Labute approximate surface area is 89.4 Å². The first-order valence-corrected chi connectivity index (χ1v) is 5.39. The first-order valence-electron chi connectivity index (χ1n) is 5.39. The second-order valence-electron chi connectivity index (χ2n) is 4.00. The number of piperidine rings is 1. The fourth-order valence-corrected chi connectivity index (χ4v) is 1.85. The first-order chi connectivity index (χ1) is 7.25. The van der Waals surface area contributed by atoms with Gasteiger partial charge in [-0.3, -0.25) is 0 Å². The van der Waals surface area contributed by atoms with E-state index in [0.29, 0.717) is 0 Å². The summed E-state index contributed by atoms with van der Waals surface area (Å²) >= 11 is 0. The number of halogens is 1. The number of nitrogens with one attached hydrogen (secondary N) is 1. The average molecular weight is 209 g/mol. The summed E-state index contributed by atoms with van der Waals surface area (Å²) in [4.78, 5) is 0. The summed E-state index contributed by atoms with van der Waals surface area (Å²) in [6.45, 7) is 3.83. The second kappa shape index (κ2) is 4.62. The molecule has 1 atom stereocenters. The Morgan fingerprint density at radius 1 is 1.47 bits per heavy atom. The second-order valence-corrected chi connectivity index (χ2v) is 4.00. The lowest BCUT2D eigenvalue weighted by Gasteiger charge is -2.24. The molecule has 1 N–H and O–H groups in total. The van der Waals surface area contributed by atoms with Crippen molar-refractivity contribution >= 4 is 0 Å². The molecular weight excluding hydrogens is 193 g/mol. The van der Waals surface area contributed by atoms with Gasteiger partial charge < -0.3 is 10.1 Å². The normalized spacial score (nSPS) is 21.3. The zero-order chi connectivity index (χ0) is 10.7. The Kier molecular flexibility index (Phi) is 3.21. The fourth-order valence-electron chi connectivity index (χ4n) is 1.85. The molecule has 3 heteroatoms. The van der Waals surface area contributed by atoms with Crippen LogP contribution in [0.2, 0.25) is 0 Å². The number of benzene rings is 1. The minimum atomic E-state index is -0.207. The van der Waals surface area contributed by atoms with Crippen molar-refractivity contribution in [2.24, 2.45) is 0 Å². The SMILES string of the molecule is Cc1cc(F)ccc1OC1CCCNC1. The summed E-state index contributed by atoms with van der Waals surface area (Å²) in [7, 11) is 0. The highest BCUT2D eigenvalue weighted by atomic mass is 19.1. The monoisotopic (exact) mass is 209 g/mol. The van der Waals surface area contributed by atoms with Gasteiger partial charge in [-0.1, -0.05) is 0 Å². The van der Waals surface area contributed by atoms with E-state index < -0.39 is 0 Å². The first kappa shape index (κ1) is 10.4. The van der Waals surface area contributed by atoms with Gasteiger partial charge in [0.25, 0.3) is 0 Å². The van der Waals surface area contributed by atoms with Gasteiger partial charge in [0, 0.05) is 6.54 Å². The highest BCUT2D eigenvalue weighted by molar-refractivity contribution is 5.32. The standard InChI is InChI=1S/C12H16FNO/c1-9-7-10(13)4-5-12(9)15-11-3-2-6-14-8-11/h4-5,7,11,14H,2-3,6,8H2,1H3. The van der Waals surface area contributed by atoms with Gasteiger partial charge in [-0.05, 0) is 50.1 Å². The Balaban J connectivity index is 2.03. The van der Waals surface area contributed by atoms with Crippen LogP contribution in [-0.2, 0) is 0 Å². The molecule has 15 heavy (non-hydrogen) atoms. The number of aryl methyl sites for hydroxylation is 1. The van der Waals surface area contributed by atoms with Gasteiger partial charge in [0.2, 0.25) is 0 Å². The van der Waals surface area contributed by atoms with E-state index in [-0.39, 0.29) is 11.9 Å². The molecule has 1 heterocycles. The molecule has 0 amide bonds. The van der Waals surface area contributed by atoms with Gasteiger partial charge in [0.15, 0.2) is 0 Å². The maximum absolute atomic E-state index is 12.9. The number of ether oxygens (including phenoxy) is 1. The lowest BCUT2D eigenvalue weighted by Crippen LogP contribution is -2.37. The summed E-state index contributed by atoms with van der Waals surface area (Å²) in [5, 5.41) is 3.29. The summed E-state index contributed by atoms with van der Waals surface area (Å²) in [5.41, 5.74) is 0.862. The lowest BCUT2D eigenvalue weighted by atomic mass is 10.1. The molecule has 2 nitrogen and oxygen atoms in total. The molecule has 1 aliphatic heterocycles. The third-order valence-corrected chi connectivity index (χ3v) is 2.68. The largest absolute Gasteiger partial charge is 0.489 e. The van der Waals surface area contributed by atoms with E-state index in [1.54, 1.807) is 6.07 Å². The number of rotatable bonds is 2. The van der Waals surface area contributed by atoms with E-state index in [1.165, 1.54) is 12.1 Å². The molecule has 82 valence electrons. The van der Waals surface area contributed by atoms with E-state index in [1.807, 2.05) is 6.92 Å². The van der Waals surface area contributed by atoms with Crippen LogP contribution in [0, 0.1) is 12.7 Å². The van der Waals surface area contributed by atoms with Crippen LogP contribution in [0.5, 0.6) is 5.75 Å². The fraction of sp³-hybridized carbons (Fsp3) is 0.500. The molecule has 0 saturated carbocycles. The van der Waals surface area contributed by atoms with Crippen LogP contribution in [0.25, 0.3) is 0 Å². The van der Waals surface area contributed by atoms with Crippen molar-refractivity contribution in [2.75, 3.05) is 13.1 Å². The van der Waals surface area contributed by atoms with Crippen LogP contribution in [0.4, 0.5) is 4.39 Å². The molecule has 1 unspecified atom stereocenters. The Hall–Kier alpha value is -1.09. The Morgan fingerprint density at radius 2 is 2.33 bits per heavy atom. The molecule has 0 spiro atoms. The molecule has 0 aliphatic carbocycles. The molecule has 0 radical (unpaired) electrons. The zero-order valence-corrected chi connectivity index (χ0v) is 8.92. The molecule has 1 aromatic rings. The van der Waals surface area contributed by atoms with Crippen molar-refractivity contribution in [1.82, 2.24) is 5.32 Å².